The van der Waals surface area contributed by atoms with E-state index in [4.69, 9.17) is 4.74 Å². The average Bonchev–Trinajstić information content (AvgIpc) is 2.48. The monoisotopic (exact) mass is 367 g/mol. The number of rotatable bonds is 7. The van der Waals surface area contributed by atoms with Gasteiger partial charge in [-0.05, 0) is 57.9 Å². The third-order valence-electron chi connectivity index (χ3n) is 2.77. The lowest BCUT2D eigenvalue weighted by molar-refractivity contribution is 0.199. The standard InChI is InChI=1S/C15H18BrN3OS/c1-11-8-18-15(19-9-11)21-14-4-3-12(7-13(14)16)10-17-5-6-20-2/h3-4,7-9,17H,5-6,10H2,1-2H3. The average molecular weight is 368 g/mol. The summed E-state index contributed by atoms with van der Waals surface area (Å²) in [5.74, 6) is 0. The molecule has 0 fully saturated rings. The Kier molecular flexibility index (Phi) is 6.63. The van der Waals surface area contributed by atoms with Crippen molar-refractivity contribution in [3.8, 4) is 0 Å². The molecule has 2 rings (SSSR count). The van der Waals surface area contributed by atoms with Crippen LogP contribution in [0.4, 0.5) is 0 Å². The molecule has 0 saturated heterocycles. The predicted octanol–water partition coefficient (Wildman–Crippen LogP) is 3.43. The number of hydrogen-bond acceptors (Lipinski definition) is 5. The minimum atomic E-state index is 0.722. The second kappa shape index (κ2) is 8.48. The van der Waals surface area contributed by atoms with E-state index in [1.165, 1.54) is 5.56 Å². The fraction of sp³-hybridized carbons (Fsp3) is 0.333. The predicted molar refractivity (Wildman–Crippen MR) is 88.6 cm³/mol. The van der Waals surface area contributed by atoms with Crippen LogP contribution in [0.5, 0.6) is 0 Å². The van der Waals surface area contributed by atoms with Crippen molar-refractivity contribution < 1.29 is 4.74 Å². The van der Waals surface area contributed by atoms with Crippen LogP contribution in [0.3, 0.4) is 0 Å². The highest BCUT2D eigenvalue weighted by molar-refractivity contribution is 9.10. The van der Waals surface area contributed by atoms with E-state index in [0.717, 1.165) is 39.8 Å². The summed E-state index contributed by atoms with van der Waals surface area (Å²) in [5.41, 5.74) is 2.29. The van der Waals surface area contributed by atoms with Crippen LogP contribution < -0.4 is 5.32 Å². The Bertz CT molecular complexity index is 578. The Morgan fingerprint density at radius 3 is 2.71 bits per heavy atom. The van der Waals surface area contributed by atoms with Crippen LogP contribution in [0.1, 0.15) is 11.1 Å². The molecule has 2 aromatic rings. The number of ether oxygens (including phenoxy) is 1. The molecule has 6 heteroatoms. The molecule has 0 bridgehead atoms. The molecule has 1 aromatic carbocycles. The Labute approximate surface area is 137 Å². The molecule has 0 atom stereocenters. The first-order valence-electron chi connectivity index (χ1n) is 6.63. The van der Waals surface area contributed by atoms with Crippen molar-refractivity contribution in [3.63, 3.8) is 0 Å². The second-order valence-corrected chi connectivity index (χ2v) is 6.44. The summed E-state index contributed by atoms with van der Waals surface area (Å²) in [6.07, 6.45) is 3.66. The van der Waals surface area contributed by atoms with Gasteiger partial charge in [-0.15, -0.1) is 0 Å². The molecule has 0 spiro atoms. The highest BCUT2D eigenvalue weighted by Gasteiger charge is 2.06. The smallest absolute Gasteiger partial charge is 0.192 e. The van der Waals surface area contributed by atoms with Gasteiger partial charge in [0.25, 0.3) is 0 Å². The van der Waals surface area contributed by atoms with Crippen LogP contribution in [-0.2, 0) is 11.3 Å². The fourth-order valence-corrected chi connectivity index (χ4v) is 3.04. The van der Waals surface area contributed by atoms with Gasteiger partial charge in [0.1, 0.15) is 0 Å². The summed E-state index contributed by atoms with van der Waals surface area (Å²) in [6.45, 7) is 4.38. The number of halogens is 1. The van der Waals surface area contributed by atoms with Crippen LogP contribution >= 0.6 is 27.7 Å². The van der Waals surface area contributed by atoms with Gasteiger partial charge >= 0.3 is 0 Å². The molecule has 0 aliphatic carbocycles. The van der Waals surface area contributed by atoms with Gasteiger partial charge in [-0.25, -0.2) is 9.97 Å². The minimum Gasteiger partial charge on any atom is -0.383 e. The molecule has 21 heavy (non-hydrogen) atoms. The van der Waals surface area contributed by atoms with Crippen molar-refractivity contribution >= 4 is 27.7 Å². The fourth-order valence-electron chi connectivity index (χ4n) is 1.68. The van der Waals surface area contributed by atoms with Crippen molar-refractivity contribution in [1.82, 2.24) is 15.3 Å². The molecular weight excluding hydrogens is 350 g/mol. The molecule has 4 nitrogen and oxygen atoms in total. The van der Waals surface area contributed by atoms with Crippen LogP contribution in [0.15, 0.2) is 45.1 Å². The van der Waals surface area contributed by atoms with E-state index in [1.807, 2.05) is 19.3 Å². The first-order valence-corrected chi connectivity index (χ1v) is 8.24. The van der Waals surface area contributed by atoms with Gasteiger partial charge < -0.3 is 10.1 Å². The van der Waals surface area contributed by atoms with Gasteiger partial charge in [0.2, 0.25) is 0 Å². The molecule has 0 amide bonds. The molecule has 1 aromatic heterocycles. The molecule has 112 valence electrons. The molecule has 1 N–H and O–H groups in total. The quantitative estimate of drug-likeness (QED) is 0.599. The van der Waals surface area contributed by atoms with E-state index in [-0.39, 0.29) is 0 Å². The summed E-state index contributed by atoms with van der Waals surface area (Å²) in [6, 6.07) is 6.32. The van der Waals surface area contributed by atoms with Crippen molar-refractivity contribution in [2.75, 3.05) is 20.3 Å². The summed E-state index contributed by atoms with van der Waals surface area (Å²) in [7, 11) is 1.71. The molecule has 0 radical (unpaired) electrons. The van der Waals surface area contributed by atoms with E-state index in [2.05, 4.69) is 49.4 Å². The van der Waals surface area contributed by atoms with E-state index >= 15 is 0 Å². The Hall–Kier alpha value is -0.950. The van der Waals surface area contributed by atoms with Crippen LogP contribution in [-0.4, -0.2) is 30.2 Å². The number of aromatic nitrogens is 2. The number of hydrogen-bond donors (Lipinski definition) is 1. The molecule has 0 unspecified atom stereocenters. The van der Waals surface area contributed by atoms with Crippen LogP contribution in [0.25, 0.3) is 0 Å². The zero-order valence-corrected chi connectivity index (χ0v) is 14.5. The zero-order chi connectivity index (χ0) is 15.1. The number of methoxy groups -OCH3 is 1. The number of benzene rings is 1. The molecule has 0 aliphatic heterocycles. The number of nitrogens with zero attached hydrogens (tertiary/aromatic N) is 2. The van der Waals surface area contributed by atoms with Gasteiger partial charge in [-0.3, -0.25) is 0 Å². The van der Waals surface area contributed by atoms with Gasteiger partial charge in [0, 0.05) is 42.0 Å². The summed E-state index contributed by atoms with van der Waals surface area (Å²) in [4.78, 5) is 9.73. The lowest BCUT2D eigenvalue weighted by atomic mass is 10.2. The highest BCUT2D eigenvalue weighted by atomic mass is 79.9. The third kappa shape index (κ3) is 5.39. The van der Waals surface area contributed by atoms with Gasteiger partial charge in [-0.2, -0.15) is 0 Å². The first kappa shape index (κ1) is 16.4. The lowest BCUT2D eigenvalue weighted by Gasteiger charge is -2.08. The number of nitrogens with one attached hydrogen (secondary N) is 1. The van der Waals surface area contributed by atoms with Crippen molar-refractivity contribution in [1.29, 1.82) is 0 Å². The lowest BCUT2D eigenvalue weighted by Crippen LogP contribution is -2.18. The third-order valence-corrected chi connectivity index (χ3v) is 4.65. The Morgan fingerprint density at radius 2 is 2.05 bits per heavy atom. The van der Waals surface area contributed by atoms with Crippen LogP contribution in [0.2, 0.25) is 0 Å². The van der Waals surface area contributed by atoms with E-state index in [9.17, 15) is 0 Å². The largest absolute Gasteiger partial charge is 0.383 e. The molecular formula is C15H18BrN3OS. The van der Waals surface area contributed by atoms with E-state index in [1.54, 1.807) is 18.9 Å². The van der Waals surface area contributed by atoms with Gasteiger partial charge in [0.05, 0.1) is 6.61 Å². The zero-order valence-electron chi connectivity index (χ0n) is 12.1. The van der Waals surface area contributed by atoms with E-state index < -0.39 is 0 Å². The molecule has 0 saturated carbocycles. The molecule has 1 heterocycles. The summed E-state index contributed by atoms with van der Waals surface area (Å²) >= 11 is 5.17. The maximum absolute atomic E-state index is 5.01. The maximum atomic E-state index is 5.01. The first-order chi connectivity index (χ1) is 10.2. The Balaban J connectivity index is 1.97. The topological polar surface area (TPSA) is 47.0 Å². The van der Waals surface area contributed by atoms with E-state index in [0.29, 0.717) is 0 Å². The minimum absolute atomic E-state index is 0.722. The summed E-state index contributed by atoms with van der Waals surface area (Å²) < 4.78 is 6.07. The van der Waals surface area contributed by atoms with Gasteiger partial charge in [0.15, 0.2) is 5.16 Å². The second-order valence-electron chi connectivity index (χ2n) is 4.58. The van der Waals surface area contributed by atoms with Crippen molar-refractivity contribution in [3.05, 3.63) is 46.2 Å². The highest BCUT2D eigenvalue weighted by Crippen LogP contribution is 2.32. The van der Waals surface area contributed by atoms with Gasteiger partial charge in [-0.1, -0.05) is 6.07 Å². The number of aryl methyl sites for hydroxylation is 1. The maximum Gasteiger partial charge on any atom is 0.192 e. The SMILES string of the molecule is COCCNCc1ccc(Sc2ncc(C)cn2)c(Br)c1. The Morgan fingerprint density at radius 1 is 1.29 bits per heavy atom. The van der Waals surface area contributed by atoms with Crippen LogP contribution in [0, 0.1) is 6.92 Å². The summed E-state index contributed by atoms with van der Waals surface area (Å²) in [5, 5.41) is 4.08. The molecule has 0 aliphatic rings. The van der Waals surface area contributed by atoms with Crippen molar-refractivity contribution in [2.45, 2.75) is 23.5 Å². The normalized spacial score (nSPS) is 10.8. The van der Waals surface area contributed by atoms with Crippen molar-refractivity contribution in [2.24, 2.45) is 0 Å².